The number of hydrogen-bond acceptors (Lipinski definition) is 4. The van der Waals surface area contributed by atoms with E-state index in [0.29, 0.717) is 18.5 Å². The number of carbonyl (C=O) groups excluding carboxylic acids is 2. The van der Waals surface area contributed by atoms with Crippen molar-refractivity contribution in [3.63, 3.8) is 0 Å². The fraction of sp³-hybridized carbons (Fsp3) is 0.667. The van der Waals surface area contributed by atoms with E-state index >= 15 is 0 Å². The molecule has 3 aliphatic heterocycles. The molecule has 4 rings (SSSR count). The number of hydrogen-bond donors (Lipinski definition) is 0. The van der Waals surface area contributed by atoms with Gasteiger partial charge in [0, 0.05) is 38.7 Å². The fourth-order valence-corrected chi connectivity index (χ4v) is 5.41. The van der Waals surface area contributed by atoms with Crippen LogP contribution in [0.15, 0.2) is 30.3 Å². The molecule has 0 aliphatic carbocycles. The van der Waals surface area contributed by atoms with Gasteiger partial charge in [-0.1, -0.05) is 30.3 Å². The summed E-state index contributed by atoms with van der Waals surface area (Å²) in [4.78, 5) is 28.9. The van der Waals surface area contributed by atoms with E-state index in [-0.39, 0.29) is 30.6 Å². The highest BCUT2D eigenvalue weighted by molar-refractivity contribution is 5.78. The van der Waals surface area contributed by atoms with E-state index in [1.807, 2.05) is 23.1 Å². The smallest absolute Gasteiger partial charge is 0.249 e. The molecule has 0 aromatic heterocycles. The van der Waals surface area contributed by atoms with Crippen molar-refractivity contribution < 1.29 is 19.1 Å². The minimum absolute atomic E-state index is 0.116. The predicted molar refractivity (Wildman–Crippen MR) is 114 cm³/mol. The van der Waals surface area contributed by atoms with Gasteiger partial charge in [0.1, 0.15) is 6.61 Å². The molecule has 1 aromatic rings. The minimum atomic E-state index is 0.116. The van der Waals surface area contributed by atoms with Crippen LogP contribution in [0.2, 0.25) is 0 Å². The number of methoxy groups -OCH3 is 1. The maximum absolute atomic E-state index is 12.6. The molecule has 1 aromatic carbocycles. The molecule has 164 valence electrons. The summed E-state index contributed by atoms with van der Waals surface area (Å²) in [6, 6.07) is 10.8. The van der Waals surface area contributed by atoms with Gasteiger partial charge in [0.05, 0.1) is 12.2 Å². The molecular weight excluding hydrogens is 380 g/mol. The highest BCUT2D eigenvalue weighted by Crippen LogP contribution is 2.38. The summed E-state index contributed by atoms with van der Waals surface area (Å²) in [6.45, 7) is 1.75. The summed E-state index contributed by atoms with van der Waals surface area (Å²) in [7, 11) is 1.58. The van der Waals surface area contributed by atoms with Crippen molar-refractivity contribution in [2.24, 2.45) is 0 Å². The Morgan fingerprint density at radius 3 is 2.23 bits per heavy atom. The maximum Gasteiger partial charge on any atom is 0.249 e. The lowest BCUT2D eigenvalue weighted by molar-refractivity contribution is -0.145. The van der Waals surface area contributed by atoms with Gasteiger partial charge in [0.25, 0.3) is 0 Å². The lowest BCUT2D eigenvalue weighted by Crippen LogP contribution is -2.51. The second-order valence-electron chi connectivity index (χ2n) is 8.91. The third-order valence-electron chi connectivity index (χ3n) is 6.90. The van der Waals surface area contributed by atoms with Gasteiger partial charge in [0.15, 0.2) is 0 Å². The molecule has 6 nitrogen and oxygen atoms in total. The van der Waals surface area contributed by atoms with Crippen LogP contribution in [0.5, 0.6) is 0 Å². The topological polar surface area (TPSA) is 59.1 Å². The maximum atomic E-state index is 12.6. The fourth-order valence-electron chi connectivity index (χ4n) is 5.41. The molecule has 3 fully saturated rings. The van der Waals surface area contributed by atoms with Gasteiger partial charge in [-0.25, -0.2) is 0 Å². The molecule has 0 saturated carbocycles. The molecule has 3 saturated heterocycles. The first-order valence-electron chi connectivity index (χ1n) is 11.4. The molecule has 0 N–H and O–H groups in total. The first-order chi connectivity index (χ1) is 14.6. The number of fused-ring (bicyclic) bond motifs is 2. The highest BCUT2D eigenvalue weighted by Gasteiger charge is 2.44. The number of carbonyl (C=O) groups is 2. The van der Waals surface area contributed by atoms with Gasteiger partial charge in [-0.15, -0.1) is 0 Å². The molecule has 0 radical (unpaired) electrons. The zero-order chi connectivity index (χ0) is 20.9. The quantitative estimate of drug-likeness (QED) is 0.688. The first kappa shape index (κ1) is 21.3. The molecule has 0 spiro atoms. The van der Waals surface area contributed by atoms with Gasteiger partial charge < -0.3 is 19.3 Å². The molecule has 2 bridgehead atoms. The largest absolute Gasteiger partial charge is 0.375 e. The van der Waals surface area contributed by atoms with Crippen LogP contribution in [0.4, 0.5) is 0 Å². The van der Waals surface area contributed by atoms with E-state index in [9.17, 15) is 9.59 Å². The molecule has 30 heavy (non-hydrogen) atoms. The van der Waals surface area contributed by atoms with E-state index in [1.54, 1.807) is 7.11 Å². The lowest BCUT2D eigenvalue weighted by Gasteiger charge is -2.41. The standard InChI is InChI=1S/C24H34N2O4/c1-29-17-24(28)26-19-8-9-20(26)16-22(15-19)30-21-11-13-25(14-12-21)23(27)10-7-18-5-3-2-4-6-18/h2-6,19-22H,7-17H2,1H3. The monoisotopic (exact) mass is 414 g/mol. The van der Waals surface area contributed by atoms with Crippen molar-refractivity contribution in [3.8, 4) is 0 Å². The molecular formula is C24H34N2O4. The molecule has 6 heteroatoms. The van der Waals surface area contributed by atoms with Gasteiger partial charge in [-0.3, -0.25) is 9.59 Å². The molecule has 3 aliphatic rings. The molecule has 2 unspecified atom stereocenters. The number of piperidine rings is 2. The number of nitrogens with zero attached hydrogens (tertiary/aromatic N) is 2. The number of benzene rings is 1. The van der Waals surface area contributed by atoms with Crippen LogP contribution >= 0.6 is 0 Å². The Morgan fingerprint density at radius 1 is 0.933 bits per heavy atom. The number of aryl methyl sites for hydroxylation is 1. The van der Waals surface area contributed by atoms with Crippen LogP contribution in [0, 0.1) is 0 Å². The van der Waals surface area contributed by atoms with Gasteiger partial charge >= 0.3 is 0 Å². The number of amides is 2. The van der Waals surface area contributed by atoms with E-state index in [4.69, 9.17) is 9.47 Å². The highest BCUT2D eigenvalue weighted by atomic mass is 16.5. The van der Waals surface area contributed by atoms with Crippen molar-refractivity contribution in [1.82, 2.24) is 9.80 Å². The first-order valence-corrected chi connectivity index (χ1v) is 11.4. The molecule has 3 heterocycles. The van der Waals surface area contributed by atoms with Crippen LogP contribution < -0.4 is 0 Å². The van der Waals surface area contributed by atoms with Crippen LogP contribution in [0.1, 0.15) is 50.5 Å². The number of rotatable bonds is 7. The summed E-state index contributed by atoms with van der Waals surface area (Å²) in [5, 5.41) is 0. The van der Waals surface area contributed by atoms with Gasteiger partial charge in [-0.2, -0.15) is 0 Å². The van der Waals surface area contributed by atoms with Crippen molar-refractivity contribution >= 4 is 11.8 Å². The second-order valence-corrected chi connectivity index (χ2v) is 8.91. The van der Waals surface area contributed by atoms with Crippen molar-refractivity contribution in [2.45, 2.75) is 75.7 Å². The molecule has 2 atom stereocenters. The third-order valence-corrected chi connectivity index (χ3v) is 6.90. The average molecular weight is 415 g/mol. The zero-order valence-corrected chi connectivity index (χ0v) is 18.0. The molecule has 2 amide bonds. The normalized spacial score (nSPS) is 26.8. The lowest BCUT2D eigenvalue weighted by atomic mass is 9.98. The van der Waals surface area contributed by atoms with E-state index < -0.39 is 0 Å². The van der Waals surface area contributed by atoms with E-state index in [1.165, 1.54) is 5.56 Å². The van der Waals surface area contributed by atoms with E-state index in [0.717, 1.165) is 58.0 Å². The van der Waals surface area contributed by atoms with Crippen molar-refractivity contribution in [1.29, 1.82) is 0 Å². The Hall–Kier alpha value is -1.92. The van der Waals surface area contributed by atoms with Crippen molar-refractivity contribution in [3.05, 3.63) is 35.9 Å². The summed E-state index contributed by atoms with van der Waals surface area (Å²) in [6.07, 6.45) is 7.69. The van der Waals surface area contributed by atoms with Crippen LogP contribution in [0.3, 0.4) is 0 Å². The van der Waals surface area contributed by atoms with Gasteiger partial charge in [0.2, 0.25) is 11.8 Å². The Balaban J connectivity index is 1.19. The van der Waals surface area contributed by atoms with Crippen LogP contribution in [-0.4, -0.2) is 72.7 Å². The zero-order valence-electron chi connectivity index (χ0n) is 18.0. The van der Waals surface area contributed by atoms with Crippen LogP contribution in [-0.2, 0) is 25.5 Å². The van der Waals surface area contributed by atoms with Gasteiger partial charge in [-0.05, 0) is 50.5 Å². The van der Waals surface area contributed by atoms with E-state index in [2.05, 4.69) is 17.0 Å². The Labute approximate surface area is 179 Å². The Bertz CT molecular complexity index is 703. The summed E-state index contributed by atoms with van der Waals surface area (Å²) >= 11 is 0. The number of ether oxygens (including phenoxy) is 2. The Morgan fingerprint density at radius 2 is 1.60 bits per heavy atom. The van der Waals surface area contributed by atoms with Crippen molar-refractivity contribution in [2.75, 3.05) is 26.8 Å². The van der Waals surface area contributed by atoms with Crippen LogP contribution in [0.25, 0.3) is 0 Å². The summed E-state index contributed by atoms with van der Waals surface area (Å²) in [5.41, 5.74) is 1.22. The average Bonchev–Trinajstić information content (AvgIpc) is 3.04. The minimum Gasteiger partial charge on any atom is -0.375 e. The third kappa shape index (κ3) is 5.03. The summed E-state index contributed by atoms with van der Waals surface area (Å²) < 4.78 is 11.5. The second kappa shape index (κ2) is 9.92. The summed E-state index contributed by atoms with van der Waals surface area (Å²) in [5.74, 6) is 0.367. The Kier molecular flexibility index (Phi) is 7.05. The predicted octanol–water partition coefficient (Wildman–Crippen LogP) is 2.80. The number of likely N-dealkylation sites (tertiary alicyclic amines) is 1. The SMILES string of the molecule is COCC(=O)N1C2CCC1CC(OC1CCN(C(=O)CCc3ccccc3)CC1)C2.